The lowest BCUT2D eigenvalue weighted by atomic mass is 9.81. The highest BCUT2D eigenvalue weighted by atomic mass is 19.2. The topological polar surface area (TPSA) is 64.6 Å². The number of nitrogens with one attached hydrogen (secondary N) is 2. The van der Waals surface area contributed by atoms with Crippen molar-refractivity contribution in [1.82, 2.24) is 10.2 Å². The molecule has 2 fully saturated rings. The summed E-state index contributed by atoms with van der Waals surface area (Å²) in [5, 5.41) is 16.4. The lowest BCUT2D eigenvalue weighted by molar-refractivity contribution is -0.108. The number of rotatable bonds is 4. The molecular formula is C21H21F4N3O2. The van der Waals surface area contributed by atoms with Crippen LogP contribution in [0.3, 0.4) is 0 Å². The van der Waals surface area contributed by atoms with Gasteiger partial charge in [0, 0.05) is 12.1 Å². The molecule has 0 bridgehead atoms. The van der Waals surface area contributed by atoms with Gasteiger partial charge >= 0.3 is 0 Å². The number of aliphatic hydroxyl groups is 1. The fraction of sp³-hybridized carbons (Fsp3) is 0.381. The maximum atomic E-state index is 14.5. The highest BCUT2D eigenvalue weighted by Crippen LogP contribution is 2.34. The van der Waals surface area contributed by atoms with E-state index in [9.17, 15) is 27.5 Å². The van der Waals surface area contributed by atoms with E-state index in [0.29, 0.717) is 6.07 Å². The van der Waals surface area contributed by atoms with E-state index in [4.69, 9.17) is 0 Å². The third-order valence-electron chi connectivity index (χ3n) is 5.69. The summed E-state index contributed by atoms with van der Waals surface area (Å²) >= 11 is 0. The fourth-order valence-electron chi connectivity index (χ4n) is 4.04. The molecule has 2 aliphatic heterocycles. The molecule has 1 atom stereocenters. The number of amides is 1. The maximum absolute atomic E-state index is 14.5. The molecule has 30 heavy (non-hydrogen) atoms. The van der Waals surface area contributed by atoms with Crippen LogP contribution in [0, 0.1) is 23.3 Å². The first-order valence-corrected chi connectivity index (χ1v) is 9.73. The van der Waals surface area contributed by atoms with E-state index in [1.165, 1.54) is 4.90 Å². The molecule has 1 amide bonds. The molecule has 0 aromatic heterocycles. The first-order valence-electron chi connectivity index (χ1n) is 9.73. The Morgan fingerprint density at radius 2 is 1.87 bits per heavy atom. The molecule has 2 saturated heterocycles. The Labute approximate surface area is 170 Å². The Balaban J connectivity index is 1.57. The predicted octanol–water partition coefficient (Wildman–Crippen LogP) is 3.32. The average Bonchev–Trinajstić information content (AvgIpc) is 2.71. The van der Waals surface area contributed by atoms with E-state index >= 15 is 0 Å². The third kappa shape index (κ3) is 3.75. The highest BCUT2D eigenvalue weighted by molar-refractivity contribution is 6.01. The molecule has 160 valence electrons. The molecular weight excluding hydrogens is 402 g/mol. The molecule has 5 nitrogen and oxygen atoms in total. The second-order valence-electron chi connectivity index (χ2n) is 7.80. The standard InChI is InChI=1S/C21H21F4N3O2/c22-12-4-7-16(15(24)9-12)27-19-13(5-6-14(23)18(19)25)20(29)28-10-21(30,11-28)17-3-1-2-8-26-17/h4-7,9,17,26-27,30H,1-3,8,10-11H2. The predicted molar refractivity (Wildman–Crippen MR) is 102 cm³/mol. The Kier molecular flexibility index (Phi) is 5.42. The van der Waals surface area contributed by atoms with Crippen LogP contribution < -0.4 is 10.6 Å². The van der Waals surface area contributed by atoms with Crippen LogP contribution in [0.5, 0.6) is 0 Å². The second-order valence-corrected chi connectivity index (χ2v) is 7.80. The van der Waals surface area contributed by atoms with Gasteiger partial charge in [0.15, 0.2) is 11.6 Å². The van der Waals surface area contributed by atoms with Crippen molar-refractivity contribution in [2.24, 2.45) is 0 Å². The van der Waals surface area contributed by atoms with Crippen LogP contribution in [0.1, 0.15) is 29.6 Å². The minimum absolute atomic E-state index is 0.0485. The quantitative estimate of drug-likeness (QED) is 0.661. The van der Waals surface area contributed by atoms with Crippen molar-refractivity contribution >= 4 is 17.3 Å². The summed E-state index contributed by atoms with van der Waals surface area (Å²) in [6.07, 6.45) is 2.80. The fourth-order valence-corrected chi connectivity index (χ4v) is 4.04. The van der Waals surface area contributed by atoms with Gasteiger partial charge in [0.2, 0.25) is 0 Å². The van der Waals surface area contributed by atoms with Crippen LogP contribution in [-0.2, 0) is 0 Å². The number of piperidine rings is 1. The van der Waals surface area contributed by atoms with Crippen molar-refractivity contribution in [2.75, 3.05) is 25.0 Å². The van der Waals surface area contributed by atoms with Crippen molar-refractivity contribution in [3.05, 3.63) is 59.2 Å². The van der Waals surface area contributed by atoms with Gasteiger partial charge in [-0.15, -0.1) is 0 Å². The molecule has 0 radical (unpaired) electrons. The van der Waals surface area contributed by atoms with Crippen molar-refractivity contribution in [1.29, 1.82) is 0 Å². The smallest absolute Gasteiger partial charge is 0.256 e. The second kappa shape index (κ2) is 7.88. The van der Waals surface area contributed by atoms with Gasteiger partial charge in [-0.05, 0) is 43.7 Å². The number of carbonyl (C=O) groups is 1. The number of halogens is 4. The molecule has 2 aromatic rings. The lowest BCUT2D eigenvalue weighted by Gasteiger charge is -2.51. The van der Waals surface area contributed by atoms with Crippen molar-refractivity contribution < 1.29 is 27.5 Å². The molecule has 0 aliphatic carbocycles. The summed E-state index contributed by atoms with van der Waals surface area (Å²) in [6, 6.07) is 4.35. The summed E-state index contributed by atoms with van der Waals surface area (Å²) in [7, 11) is 0. The lowest BCUT2D eigenvalue weighted by Crippen LogP contribution is -2.72. The van der Waals surface area contributed by atoms with Crippen LogP contribution >= 0.6 is 0 Å². The number of β-amino-alcohol motifs (C(OH)–C–C–N with tert-alkyl or cyclic N) is 1. The molecule has 4 rings (SSSR count). The minimum Gasteiger partial charge on any atom is -0.385 e. The Hall–Kier alpha value is -2.65. The van der Waals surface area contributed by atoms with E-state index in [1.54, 1.807) is 0 Å². The van der Waals surface area contributed by atoms with Gasteiger partial charge in [-0.1, -0.05) is 6.42 Å². The third-order valence-corrected chi connectivity index (χ3v) is 5.69. The summed E-state index contributed by atoms with van der Waals surface area (Å²) < 4.78 is 55.4. The zero-order valence-electron chi connectivity index (χ0n) is 16.0. The van der Waals surface area contributed by atoms with Crippen LogP contribution in [-0.4, -0.2) is 47.2 Å². The van der Waals surface area contributed by atoms with Crippen LogP contribution in [0.4, 0.5) is 28.9 Å². The number of hydrogen-bond acceptors (Lipinski definition) is 4. The number of benzene rings is 2. The maximum Gasteiger partial charge on any atom is 0.256 e. The van der Waals surface area contributed by atoms with Gasteiger partial charge in [0.05, 0.1) is 30.0 Å². The monoisotopic (exact) mass is 423 g/mol. The largest absolute Gasteiger partial charge is 0.385 e. The molecule has 2 heterocycles. The van der Waals surface area contributed by atoms with Gasteiger partial charge in [-0.3, -0.25) is 4.79 Å². The number of carbonyl (C=O) groups excluding carboxylic acids is 1. The number of hydrogen-bond donors (Lipinski definition) is 3. The van der Waals surface area contributed by atoms with E-state index in [1.807, 2.05) is 0 Å². The molecule has 2 aromatic carbocycles. The van der Waals surface area contributed by atoms with Gasteiger partial charge in [0.25, 0.3) is 5.91 Å². The SMILES string of the molecule is O=C(c1ccc(F)c(F)c1Nc1ccc(F)cc1F)N1CC(O)(C2CCCCN2)C1. The van der Waals surface area contributed by atoms with E-state index in [-0.39, 0.29) is 30.4 Å². The normalized spacial score (nSPS) is 20.6. The minimum atomic E-state index is -1.35. The average molecular weight is 423 g/mol. The van der Waals surface area contributed by atoms with E-state index in [2.05, 4.69) is 10.6 Å². The number of anilines is 2. The Bertz CT molecular complexity index is 973. The summed E-state index contributed by atoms with van der Waals surface area (Å²) in [5.41, 5.74) is -2.14. The summed E-state index contributed by atoms with van der Waals surface area (Å²) in [5.74, 6) is -5.04. The van der Waals surface area contributed by atoms with Crippen molar-refractivity contribution in [3.63, 3.8) is 0 Å². The number of likely N-dealkylation sites (tertiary alicyclic amines) is 1. The van der Waals surface area contributed by atoms with Gasteiger partial charge in [0.1, 0.15) is 17.2 Å². The molecule has 3 N–H and O–H groups in total. The zero-order chi connectivity index (χ0) is 21.5. The zero-order valence-corrected chi connectivity index (χ0v) is 16.0. The summed E-state index contributed by atoms with van der Waals surface area (Å²) in [4.78, 5) is 14.3. The first kappa shape index (κ1) is 20.6. The summed E-state index contributed by atoms with van der Waals surface area (Å²) in [6.45, 7) is 0.890. The highest BCUT2D eigenvalue weighted by Gasteiger charge is 2.49. The molecule has 9 heteroatoms. The van der Waals surface area contributed by atoms with Crippen LogP contribution in [0.2, 0.25) is 0 Å². The first-order chi connectivity index (χ1) is 14.3. The van der Waals surface area contributed by atoms with Crippen molar-refractivity contribution in [3.8, 4) is 0 Å². The van der Waals surface area contributed by atoms with Crippen LogP contribution in [0.25, 0.3) is 0 Å². The molecule has 0 spiro atoms. The van der Waals surface area contributed by atoms with Gasteiger partial charge in [-0.25, -0.2) is 17.6 Å². The Morgan fingerprint density at radius 3 is 2.53 bits per heavy atom. The van der Waals surface area contributed by atoms with Gasteiger partial charge in [-0.2, -0.15) is 0 Å². The van der Waals surface area contributed by atoms with E-state index in [0.717, 1.165) is 50.1 Å². The Morgan fingerprint density at radius 1 is 1.10 bits per heavy atom. The van der Waals surface area contributed by atoms with Crippen molar-refractivity contribution in [2.45, 2.75) is 30.9 Å². The van der Waals surface area contributed by atoms with Gasteiger partial charge < -0.3 is 20.6 Å². The van der Waals surface area contributed by atoms with E-state index < -0.39 is 40.5 Å². The molecule has 2 aliphatic rings. The molecule has 1 unspecified atom stereocenters. The number of nitrogens with zero attached hydrogens (tertiary/aromatic N) is 1. The van der Waals surface area contributed by atoms with Crippen LogP contribution in [0.15, 0.2) is 30.3 Å². The molecule has 0 saturated carbocycles.